The van der Waals surface area contributed by atoms with Crippen molar-refractivity contribution in [3.8, 4) is 5.75 Å². The third-order valence-electron chi connectivity index (χ3n) is 5.59. The number of rotatable bonds is 7. The number of aliphatic hydroxyl groups is 1. The van der Waals surface area contributed by atoms with E-state index in [4.69, 9.17) is 9.47 Å². The van der Waals surface area contributed by atoms with E-state index in [9.17, 15) is 23.9 Å². The number of aryl methyl sites for hydroxylation is 1. The Balaban J connectivity index is 1.85. The number of ketones is 1. The monoisotopic (exact) mass is 510 g/mol. The average molecular weight is 511 g/mol. The summed E-state index contributed by atoms with van der Waals surface area (Å²) in [6.45, 7) is 4.09. The summed E-state index contributed by atoms with van der Waals surface area (Å²) in [6.07, 6.45) is 0.830. The molecule has 0 unspecified atom stereocenters. The highest BCUT2D eigenvalue weighted by Gasteiger charge is 2.48. The minimum atomic E-state index is -1.10. The van der Waals surface area contributed by atoms with Crippen LogP contribution in [0.5, 0.6) is 5.75 Å². The van der Waals surface area contributed by atoms with E-state index in [2.05, 4.69) is 4.98 Å². The number of amides is 1. The van der Waals surface area contributed by atoms with Crippen LogP contribution in [-0.2, 0) is 14.3 Å². The van der Waals surface area contributed by atoms with Crippen LogP contribution in [-0.4, -0.2) is 41.5 Å². The Labute approximate surface area is 210 Å². The Bertz CT molecular complexity index is 1350. The van der Waals surface area contributed by atoms with Crippen LogP contribution in [0.15, 0.2) is 54.1 Å². The Morgan fingerprint density at radius 3 is 2.42 bits per heavy atom. The lowest BCUT2D eigenvalue weighted by Gasteiger charge is -2.23. The molecule has 1 fully saturated rings. The van der Waals surface area contributed by atoms with E-state index in [-0.39, 0.29) is 15.6 Å². The van der Waals surface area contributed by atoms with Gasteiger partial charge in [0.05, 0.1) is 31.0 Å². The largest absolute Gasteiger partial charge is 0.507 e. The summed E-state index contributed by atoms with van der Waals surface area (Å²) in [5.41, 5.74) is 0.827. The number of nitrogens with zero attached hydrogens (tertiary/aromatic N) is 2. The van der Waals surface area contributed by atoms with Crippen LogP contribution in [0.4, 0.5) is 9.52 Å². The smallest absolute Gasteiger partial charge is 0.350 e. The molecule has 2 aromatic carbocycles. The van der Waals surface area contributed by atoms with E-state index in [1.807, 2.05) is 6.92 Å². The summed E-state index contributed by atoms with van der Waals surface area (Å²) in [7, 11) is 1.23. The Kier molecular flexibility index (Phi) is 7.16. The molecule has 1 saturated heterocycles. The number of hydrogen-bond donors (Lipinski definition) is 1. The zero-order valence-corrected chi connectivity index (χ0v) is 20.6. The van der Waals surface area contributed by atoms with Gasteiger partial charge >= 0.3 is 11.9 Å². The van der Waals surface area contributed by atoms with Crippen molar-refractivity contribution >= 4 is 39.9 Å². The number of aromatic nitrogens is 1. The average Bonchev–Trinajstić information content (AvgIpc) is 3.39. The van der Waals surface area contributed by atoms with Crippen molar-refractivity contribution in [1.29, 1.82) is 0 Å². The first kappa shape index (κ1) is 25.1. The van der Waals surface area contributed by atoms with Gasteiger partial charge in [0, 0.05) is 5.56 Å². The maximum Gasteiger partial charge on any atom is 0.350 e. The van der Waals surface area contributed by atoms with Gasteiger partial charge in [0.15, 0.2) is 5.13 Å². The Morgan fingerprint density at radius 2 is 1.81 bits per heavy atom. The van der Waals surface area contributed by atoms with Crippen LogP contribution < -0.4 is 9.64 Å². The first-order valence-corrected chi connectivity index (χ1v) is 11.9. The summed E-state index contributed by atoms with van der Waals surface area (Å²) >= 11 is 0.888. The molecule has 0 saturated carbocycles. The summed E-state index contributed by atoms with van der Waals surface area (Å²) < 4.78 is 24.0. The molecule has 2 heterocycles. The van der Waals surface area contributed by atoms with Crippen molar-refractivity contribution in [2.75, 3.05) is 18.6 Å². The van der Waals surface area contributed by atoms with Crippen LogP contribution in [0.1, 0.15) is 45.9 Å². The van der Waals surface area contributed by atoms with Crippen molar-refractivity contribution in [2.45, 2.75) is 26.3 Å². The summed E-state index contributed by atoms with van der Waals surface area (Å²) in [4.78, 5) is 44.2. The predicted octanol–water partition coefficient (Wildman–Crippen LogP) is 4.79. The molecule has 8 nitrogen and oxygen atoms in total. The minimum absolute atomic E-state index is 0.0756. The molecule has 1 amide bonds. The Hall–Kier alpha value is -4.05. The molecule has 0 aliphatic carbocycles. The van der Waals surface area contributed by atoms with Gasteiger partial charge in [0.2, 0.25) is 0 Å². The quantitative estimate of drug-likeness (QED) is 0.211. The number of carbonyl (C=O) groups excluding carboxylic acids is 3. The second-order valence-corrected chi connectivity index (χ2v) is 8.97. The van der Waals surface area contributed by atoms with Crippen LogP contribution in [0.2, 0.25) is 0 Å². The molecule has 1 aliphatic heterocycles. The number of ether oxygens (including phenoxy) is 2. The fourth-order valence-corrected chi connectivity index (χ4v) is 4.85. The van der Waals surface area contributed by atoms with Gasteiger partial charge < -0.3 is 14.6 Å². The van der Waals surface area contributed by atoms with Gasteiger partial charge in [-0.15, -0.1) is 0 Å². The number of esters is 1. The standard InChI is InChI=1S/C26H23FN2O6S/c1-4-13-35-18-11-7-16(8-12-18)21(30)19-20(15-5-9-17(27)10-6-15)29(24(32)22(19)31)26-28-14(2)23(36-26)25(33)34-3/h5-12,20,30H,4,13H2,1-3H3/b21-19+/t20-/m0/s1. The van der Waals surface area contributed by atoms with Gasteiger partial charge in [-0.2, -0.15) is 0 Å². The van der Waals surface area contributed by atoms with Crippen LogP contribution in [0.25, 0.3) is 5.76 Å². The summed E-state index contributed by atoms with van der Waals surface area (Å²) in [6, 6.07) is 10.6. The fraction of sp³-hybridized carbons (Fsp3) is 0.231. The van der Waals surface area contributed by atoms with Crippen molar-refractivity contribution < 1.29 is 33.4 Å². The number of carbonyl (C=O) groups is 3. The summed E-state index contributed by atoms with van der Waals surface area (Å²) in [5, 5.41) is 11.3. The van der Waals surface area contributed by atoms with E-state index >= 15 is 0 Å². The van der Waals surface area contributed by atoms with Crippen LogP contribution in [0.3, 0.4) is 0 Å². The third-order valence-corrected chi connectivity index (χ3v) is 6.73. The molecular formula is C26H23FN2O6S. The molecule has 1 aromatic heterocycles. The van der Waals surface area contributed by atoms with Gasteiger partial charge in [-0.05, 0) is 55.3 Å². The second-order valence-electron chi connectivity index (χ2n) is 8.00. The number of benzene rings is 2. The third kappa shape index (κ3) is 4.59. The molecule has 10 heteroatoms. The topological polar surface area (TPSA) is 106 Å². The molecule has 1 atom stereocenters. The molecule has 36 heavy (non-hydrogen) atoms. The number of anilines is 1. The minimum Gasteiger partial charge on any atom is -0.507 e. The number of thiazole rings is 1. The highest BCUT2D eigenvalue weighted by molar-refractivity contribution is 7.17. The number of halogens is 1. The number of aliphatic hydroxyl groups excluding tert-OH is 1. The van der Waals surface area contributed by atoms with Crippen molar-refractivity contribution in [3.63, 3.8) is 0 Å². The number of methoxy groups -OCH3 is 1. The van der Waals surface area contributed by atoms with E-state index in [1.165, 1.54) is 31.4 Å². The lowest BCUT2D eigenvalue weighted by atomic mass is 9.95. The molecular weight excluding hydrogens is 487 g/mol. The SMILES string of the molecule is CCCOc1ccc(/C(O)=C2\C(=O)C(=O)N(c3nc(C)c(C(=O)OC)s3)[C@H]2c2ccc(F)cc2)cc1. The molecule has 3 aromatic rings. The van der Waals surface area contributed by atoms with Crippen molar-refractivity contribution in [1.82, 2.24) is 4.98 Å². The maximum atomic E-state index is 13.7. The molecule has 1 aliphatic rings. The molecule has 1 N–H and O–H groups in total. The van der Waals surface area contributed by atoms with Gasteiger partial charge in [-0.1, -0.05) is 30.4 Å². The highest BCUT2D eigenvalue weighted by atomic mass is 32.1. The number of hydrogen-bond acceptors (Lipinski definition) is 8. The van der Waals surface area contributed by atoms with Gasteiger partial charge in [-0.3, -0.25) is 14.5 Å². The molecule has 4 rings (SSSR count). The first-order valence-electron chi connectivity index (χ1n) is 11.1. The van der Waals surface area contributed by atoms with Gasteiger partial charge in [-0.25, -0.2) is 14.2 Å². The van der Waals surface area contributed by atoms with E-state index in [0.29, 0.717) is 29.2 Å². The van der Waals surface area contributed by atoms with E-state index in [0.717, 1.165) is 22.7 Å². The lowest BCUT2D eigenvalue weighted by molar-refractivity contribution is -0.132. The van der Waals surface area contributed by atoms with Crippen LogP contribution in [0, 0.1) is 12.7 Å². The zero-order chi connectivity index (χ0) is 26.0. The first-order chi connectivity index (χ1) is 17.3. The lowest BCUT2D eigenvalue weighted by Crippen LogP contribution is -2.29. The fourth-order valence-electron chi connectivity index (χ4n) is 3.84. The Morgan fingerprint density at radius 1 is 1.14 bits per heavy atom. The summed E-state index contributed by atoms with van der Waals surface area (Å²) in [5.74, 6) is -2.79. The van der Waals surface area contributed by atoms with Crippen molar-refractivity contribution in [2.24, 2.45) is 0 Å². The van der Waals surface area contributed by atoms with Gasteiger partial charge in [0.1, 0.15) is 22.2 Å². The maximum absolute atomic E-state index is 13.7. The van der Waals surface area contributed by atoms with E-state index in [1.54, 1.807) is 31.2 Å². The molecule has 0 bridgehead atoms. The van der Waals surface area contributed by atoms with E-state index < -0.39 is 35.3 Å². The molecule has 186 valence electrons. The van der Waals surface area contributed by atoms with Gasteiger partial charge in [0.25, 0.3) is 5.78 Å². The molecule has 0 spiro atoms. The zero-order valence-electron chi connectivity index (χ0n) is 19.8. The molecule has 0 radical (unpaired) electrons. The predicted molar refractivity (Wildman–Crippen MR) is 132 cm³/mol. The second kappa shape index (κ2) is 10.3. The normalized spacial score (nSPS) is 16.9. The van der Waals surface area contributed by atoms with Crippen molar-refractivity contribution in [3.05, 3.63) is 81.6 Å². The highest BCUT2D eigenvalue weighted by Crippen LogP contribution is 2.44. The number of Topliss-reactive ketones (excluding diaryl/α,β-unsaturated/α-hetero) is 1. The van der Waals surface area contributed by atoms with Crippen LogP contribution >= 0.6 is 11.3 Å².